The van der Waals surface area contributed by atoms with Gasteiger partial charge in [0, 0.05) is 32.7 Å². The van der Waals surface area contributed by atoms with E-state index in [1.165, 1.54) is 9.21 Å². The molecular formula is C24H33N5O4S. The van der Waals surface area contributed by atoms with Gasteiger partial charge in [0.1, 0.15) is 6.04 Å². The minimum Gasteiger partial charge on any atom is -0.350 e. The maximum Gasteiger partial charge on any atom is 0.244 e. The first-order valence-electron chi connectivity index (χ1n) is 11.3. The third-order valence-electron chi connectivity index (χ3n) is 6.03. The molecule has 0 spiro atoms. The average Bonchev–Trinajstić information content (AvgIpc) is 2.85. The zero-order chi connectivity index (χ0) is 24.7. The van der Waals surface area contributed by atoms with E-state index in [4.69, 9.17) is 11.5 Å². The summed E-state index contributed by atoms with van der Waals surface area (Å²) in [4.78, 5) is 27.7. The third kappa shape index (κ3) is 6.86. The molecule has 0 unspecified atom stereocenters. The highest BCUT2D eigenvalue weighted by molar-refractivity contribution is 7.88. The zero-order valence-electron chi connectivity index (χ0n) is 19.4. The number of carbonyl (C=O) groups is 2. The number of amides is 2. The van der Waals surface area contributed by atoms with Crippen LogP contribution in [-0.4, -0.2) is 67.4 Å². The quantitative estimate of drug-likeness (QED) is 0.462. The van der Waals surface area contributed by atoms with Crippen LogP contribution in [0.3, 0.4) is 0 Å². The van der Waals surface area contributed by atoms with E-state index in [9.17, 15) is 18.0 Å². The number of aryl methyl sites for hydroxylation is 1. The molecule has 1 saturated heterocycles. The fourth-order valence-electron chi connectivity index (χ4n) is 3.95. The molecule has 2 amide bonds. The molecule has 2 aromatic carbocycles. The summed E-state index contributed by atoms with van der Waals surface area (Å²) in [6, 6.07) is 15.5. The van der Waals surface area contributed by atoms with Gasteiger partial charge in [-0.2, -0.15) is 4.31 Å². The van der Waals surface area contributed by atoms with Gasteiger partial charge in [0.15, 0.2) is 0 Å². The van der Waals surface area contributed by atoms with Crippen molar-refractivity contribution in [3.63, 3.8) is 0 Å². The van der Waals surface area contributed by atoms with Crippen molar-refractivity contribution in [2.75, 3.05) is 25.9 Å². The lowest BCUT2D eigenvalue weighted by molar-refractivity contribution is -0.144. The Morgan fingerprint density at radius 3 is 2.29 bits per heavy atom. The molecule has 34 heavy (non-hydrogen) atoms. The Kier molecular flexibility index (Phi) is 8.78. The summed E-state index contributed by atoms with van der Waals surface area (Å²) >= 11 is 0. The monoisotopic (exact) mass is 487 g/mol. The van der Waals surface area contributed by atoms with Crippen LogP contribution in [0.1, 0.15) is 23.1 Å². The summed E-state index contributed by atoms with van der Waals surface area (Å²) in [5, 5.41) is 2.83. The maximum absolute atomic E-state index is 13.2. The number of sulfonamides is 1. The van der Waals surface area contributed by atoms with E-state index >= 15 is 0 Å². The molecule has 0 saturated carbocycles. The minimum atomic E-state index is -3.51. The smallest absolute Gasteiger partial charge is 0.244 e. The van der Waals surface area contributed by atoms with Crippen molar-refractivity contribution in [1.82, 2.24) is 14.5 Å². The van der Waals surface area contributed by atoms with Crippen molar-refractivity contribution in [2.45, 2.75) is 38.0 Å². The van der Waals surface area contributed by atoms with Gasteiger partial charge in [0.2, 0.25) is 21.8 Å². The average molecular weight is 488 g/mol. The van der Waals surface area contributed by atoms with Crippen molar-refractivity contribution in [3.8, 4) is 0 Å². The van der Waals surface area contributed by atoms with E-state index in [1.807, 2.05) is 54.6 Å². The van der Waals surface area contributed by atoms with E-state index in [-0.39, 0.29) is 32.1 Å². The number of benzene rings is 2. The fourth-order valence-corrected chi connectivity index (χ4v) is 4.78. The molecule has 2 atom stereocenters. The summed E-state index contributed by atoms with van der Waals surface area (Å²) in [6.07, 6.45) is 2.16. The molecule has 1 heterocycles. The van der Waals surface area contributed by atoms with Crippen LogP contribution in [0.25, 0.3) is 0 Å². The molecular weight excluding hydrogens is 454 g/mol. The molecule has 10 heteroatoms. The summed E-state index contributed by atoms with van der Waals surface area (Å²) in [6.45, 7) is 0.807. The summed E-state index contributed by atoms with van der Waals surface area (Å²) in [7, 11) is -3.51. The molecule has 0 aromatic heterocycles. The molecule has 0 aliphatic carbocycles. The normalized spacial score (nSPS) is 17.9. The highest BCUT2D eigenvalue weighted by Gasteiger charge is 2.39. The van der Waals surface area contributed by atoms with Gasteiger partial charge in [0.25, 0.3) is 0 Å². The first-order valence-corrected chi connectivity index (χ1v) is 13.1. The van der Waals surface area contributed by atoms with E-state index < -0.39 is 28.0 Å². The number of piperazine rings is 1. The van der Waals surface area contributed by atoms with Gasteiger partial charge in [-0.15, -0.1) is 0 Å². The Labute approximate surface area is 201 Å². The van der Waals surface area contributed by atoms with Gasteiger partial charge in [-0.1, -0.05) is 54.6 Å². The number of carbonyl (C=O) groups excluding carboxylic acids is 2. The highest BCUT2D eigenvalue weighted by Crippen LogP contribution is 2.16. The lowest BCUT2D eigenvalue weighted by Gasteiger charge is -2.40. The molecule has 9 nitrogen and oxygen atoms in total. The lowest BCUT2D eigenvalue weighted by atomic mass is 10.0. The number of nitrogens with zero attached hydrogens (tertiary/aromatic N) is 2. The summed E-state index contributed by atoms with van der Waals surface area (Å²) in [5.41, 5.74) is 14.7. The molecule has 1 aliphatic heterocycles. The van der Waals surface area contributed by atoms with Crippen molar-refractivity contribution in [2.24, 2.45) is 11.5 Å². The highest BCUT2D eigenvalue weighted by atomic mass is 32.2. The van der Waals surface area contributed by atoms with E-state index in [0.29, 0.717) is 19.4 Å². The number of nitrogens with two attached hydrogens (primary N) is 2. The number of nitrogens with one attached hydrogen (secondary N) is 1. The van der Waals surface area contributed by atoms with Gasteiger partial charge in [-0.3, -0.25) is 9.59 Å². The van der Waals surface area contributed by atoms with E-state index in [1.54, 1.807) is 0 Å². The van der Waals surface area contributed by atoms with Gasteiger partial charge < -0.3 is 21.7 Å². The second-order valence-corrected chi connectivity index (χ2v) is 10.5. The van der Waals surface area contributed by atoms with Crippen LogP contribution in [0.4, 0.5) is 0 Å². The second kappa shape index (κ2) is 11.6. The van der Waals surface area contributed by atoms with Crippen molar-refractivity contribution < 1.29 is 18.0 Å². The first-order chi connectivity index (χ1) is 16.2. The van der Waals surface area contributed by atoms with Crippen molar-refractivity contribution >= 4 is 21.8 Å². The number of rotatable bonds is 9. The van der Waals surface area contributed by atoms with Crippen LogP contribution in [0.15, 0.2) is 54.6 Å². The van der Waals surface area contributed by atoms with Crippen LogP contribution >= 0.6 is 0 Å². The molecule has 3 rings (SSSR count). The Balaban J connectivity index is 1.68. The SMILES string of the molecule is CS(=O)(=O)N1CCN(C(=O)[C@H](N)CCc2ccccc2)[C@H](C(=O)NCc2ccc(CN)cc2)C1. The van der Waals surface area contributed by atoms with E-state index in [0.717, 1.165) is 22.9 Å². The van der Waals surface area contributed by atoms with Crippen molar-refractivity contribution in [1.29, 1.82) is 0 Å². The first kappa shape index (κ1) is 25.8. The predicted molar refractivity (Wildman–Crippen MR) is 131 cm³/mol. The van der Waals surface area contributed by atoms with Crippen molar-refractivity contribution in [3.05, 3.63) is 71.3 Å². The van der Waals surface area contributed by atoms with Crippen LogP contribution in [-0.2, 0) is 39.1 Å². The third-order valence-corrected chi connectivity index (χ3v) is 7.30. The van der Waals surface area contributed by atoms with Gasteiger partial charge >= 0.3 is 0 Å². The molecule has 1 aliphatic rings. The fraction of sp³-hybridized carbons (Fsp3) is 0.417. The Morgan fingerprint density at radius 1 is 1.03 bits per heavy atom. The van der Waals surface area contributed by atoms with Gasteiger partial charge in [-0.05, 0) is 29.5 Å². The zero-order valence-corrected chi connectivity index (χ0v) is 20.2. The molecule has 1 fully saturated rings. The Hall–Kier alpha value is -2.79. The lowest BCUT2D eigenvalue weighted by Crippen LogP contribution is -2.63. The minimum absolute atomic E-state index is 0.103. The standard InChI is InChI=1S/C24H33N5O4S/c1-34(32,33)28-13-14-29(24(31)21(26)12-11-18-5-3-2-4-6-18)22(17-28)23(30)27-16-20-9-7-19(15-25)8-10-20/h2-10,21-22H,11-17,25-26H2,1H3,(H,27,30)/t21-,22+/m1/s1. The molecule has 0 bridgehead atoms. The maximum atomic E-state index is 13.2. The summed E-state index contributed by atoms with van der Waals surface area (Å²) in [5.74, 6) is -0.767. The van der Waals surface area contributed by atoms with Crippen LogP contribution < -0.4 is 16.8 Å². The molecule has 0 radical (unpaired) electrons. The topological polar surface area (TPSA) is 139 Å². The largest absolute Gasteiger partial charge is 0.350 e. The molecule has 5 N–H and O–H groups in total. The summed E-state index contributed by atoms with van der Waals surface area (Å²) < 4.78 is 25.5. The second-order valence-electron chi connectivity index (χ2n) is 8.54. The number of hydrogen-bond donors (Lipinski definition) is 3. The number of hydrogen-bond acceptors (Lipinski definition) is 6. The Morgan fingerprint density at radius 2 is 1.68 bits per heavy atom. The van der Waals surface area contributed by atoms with Crippen LogP contribution in [0, 0.1) is 0 Å². The van der Waals surface area contributed by atoms with Gasteiger partial charge in [-0.25, -0.2) is 8.42 Å². The van der Waals surface area contributed by atoms with E-state index in [2.05, 4.69) is 5.32 Å². The van der Waals surface area contributed by atoms with Gasteiger partial charge in [0.05, 0.1) is 12.3 Å². The van der Waals surface area contributed by atoms with Crippen LogP contribution in [0.2, 0.25) is 0 Å². The Bertz CT molecular complexity index is 1080. The molecule has 2 aromatic rings. The molecule has 184 valence electrons. The van der Waals surface area contributed by atoms with Crippen LogP contribution in [0.5, 0.6) is 0 Å². The predicted octanol–water partition coefficient (Wildman–Crippen LogP) is 0.194.